The summed E-state index contributed by atoms with van der Waals surface area (Å²) in [6, 6.07) is -0.981. The minimum absolute atomic E-state index is 0.0329. The number of carbonyl (C=O) groups excluding carboxylic acids is 1. The molecule has 88 valence electrons. The summed E-state index contributed by atoms with van der Waals surface area (Å²) in [7, 11) is 1.39. The van der Waals surface area contributed by atoms with Crippen LogP contribution in [0.5, 0.6) is 0 Å². The van der Waals surface area contributed by atoms with Gasteiger partial charge in [-0.05, 0) is 13.0 Å². The van der Waals surface area contributed by atoms with Crippen LogP contribution in [-0.4, -0.2) is 49.8 Å². The highest BCUT2D eigenvalue weighted by Crippen LogP contribution is 1.85. The van der Waals surface area contributed by atoms with Gasteiger partial charge in [0.15, 0.2) is 6.04 Å². The Kier molecular flexibility index (Phi) is 7.57. The summed E-state index contributed by atoms with van der Waals surface area (Å²) in [4.78, 5) is 21.9. The summed E-state index contributed by atoms with van der Waals surface area (Å²) >= 11 is 0. The van der Waals surface area contributed by atoms with Crippen LogP contribution >= 0.6 is 0 Å². The predicted octanol–water partition coefficient (Wildman–Crippen LogP) is -0.798. The number of carboxylic acids is 1. The van der Waals surface area contributed by atoms with E-state index in [0.29, 0.717) is 0 Å². The number of nitrogens with one attached hydrogen (secondary N) is 2. The molecule has 1 atom stereocenters. The third-order valence-corrected chi connectivity index (χ3v) is 1.68. The second-order valence-corrected chi connectivity index (χ2v) is 3.09. The lowest BCUT2D eigenvalue weighted by atomic mass is 10.3. The molecule has 3 N–H and O–H groups in total. The van der Waals surface area contributed by atoms with Gasteiger partial charge < -0.3 is 20.5 Å². The molecule has 0 aliphatic carbocycles. The quantitative estimate of drug-likeness (QED) is 0.464. The van der Waals surface area contributed by atoms with Crippen LogP contribution in [0.3, 0.4) is 0 Å². The molecule has 0 spiro atoms. The largest absolute Gasteiger partial charge is 0.480 e. The SMILES string of the molecule is CCCNCC(=O)NC(COC)C(=O)O. The van der Waals surface area contributed by atoms with E-state index in [-0.39, 0.29) is 19.1 Å². The average Bonchev–Trinajstić information content (AvgIpc) is 2.17. The first-order chi connectivity index (χ1) is 7.11. The van der Waals surface area contributed by atoms with Gasteiger partial charge in [-0.2, -0.15) is 0 Å². The van der Waals surface area contributed by atoms with Gasteiger partial charge in [-0.15, -0.1) is 0 Å². The predicted molar refractivity (Wildman–Crippen MR) is 54.6 cm³/mol. The summed E-state index contributed by atoms with van der Waals surface area (Å²) < 4.78 is 4.68. The molecule has 0 aromatic rings. The molecule has 1 unspecified atom stereocenters. The molecule has 0 aliphatic heterocycles. The Balaban J connectivity index is 3.84. The first-order valence-corrected chi connectivity index (χ1v) is 4.83. The second kappa shape index (κ2) is 8.19. The number of amides is 1. The van der Waals surface area contributed by atoms with Crippen LogP contribution in [0.2, 0.25) is 0 Å². The van der Waals surface area contributed by atoms with Gasteiger partial charge in [-0.3, -0.25) is 4.79 Å². The van der Waals surface area contributed by atoms with Crippen LogP contribution in [-0.2, 0) is 14.3 Å². The van der Waals surface area contributed by atoms with Gasteiger partial charge in [0.25, 0.3) is 0 Å². The second-order valence-electron chi connectivity index (χ2n) is 3.09. The Hall–Kier alpha value is -1.14. The fourth-order valence-corrected chi connectivity index (χ4v) is 0.965. The van der Waals surface area contributed by atoms with Crippen molar-refractivity contribution in [3.63, 3.8) is 0 Å². The first kappa shape index (κ1) is 13.9. The molecule has 0 aromatic heterocycles. The molecule has 6 nitrogen and oxygen atoms in total. The fraction of sp³-hybridized carbons (Fsp3) is 0.778. The third-order valence-electron chi connectivity index (χ3n) is 1.68. The Labute approximate surface area is 89.0 Å². The molecule has 6 heteroatoms. The summed E-state index contributed by atoms with van der Waals surface area (Å²) in [6.07, 6.45) is 0.924. The van der Waals surface area contributed by atoms with Crippen LogP contribution in [0.4, 0.5) is 0 Å². The lowest BCUT2D eigenvalue weighted by Crippen LogP contribution is -2.47. The van der Waals surface area contributed by atoms with E-state index in [0.717, 1.165) is 13.0 Å². The van der Waals surface area contributed by atoms with Crippen molar-refractivity contribution < 1.29 is 19.4 Å². The van der Waals surface area contributed by atoms with Gasteiger partial charge in [0.2, 0.25) is 5.91 Å². The van der Waals surface area contributed by atoms with E-state index in [1.165, 1.54) is 7.11 Å². The van der Waals surface area contributed by atoms with E-state index < -0.39 is 12.0 Å². The maximum atomic E-state index is 11.2. The van der Waals surface area contributed by atoms with Crippen LogP contribution in [0.15, 0.2) is 0 Å². The van der Waals surface area contributed by atoms with E-state index in [9.17, 15) is 9.59 Å². The number of carbonyl (C=O) groups is 2. The molecule has 0 saturated heterocycles. The average molecular weight is 218 g/mol. The Morgan fingerprint density at radius 2 is 2.13 bits per heavy atom. The van der Waals surface area contributed by atoms with Gasteiger partial charge in [-0.1, -0.05) is 6.92 Å². The van der Waals surface area contributed by atoms with Crippen molar-refractivity contribution in [1.82, 2.24) is 10.6 Å². The standard InChI is InChI=1S/C9H18N2O4/c1-3-4-10-5-8(12)11-7(6-15-2)9(13)14/h7,10H,3-6H2,1-2H3,(H,11,12)(H,13,14). The van der Waals surface area contributed by atoms with Crippen molar-refractivity contribution in [1.29, 1.82) is 0 Å². The zero-order chi connectivity index (χ0) is 11.7. The van der Waals surface area contributed by atoms with Crippen molar-refractivity contribution in [2.75, 3.05) is 26.8 Å². The minimum Gasteiger partial charge on any atom is -0.480 e. The summed E-state index contributed by atoms with van der Waals surface area (Å²) in [5.41, 5.74) is 0. The number of methoxy groups -OCH3 is 1. The molecule has 0 aliphatic rings. The molecule has 0 saturated carbocycles. The molecule has 0 rings (SSSR count). The summed E-state index contributed by atoms with van der Waals surface area (Å²) in [5.74, 6) is -1.44. The molecule has 0 bridgehead atoms. The van der Waals surface area contributed by atoms with Crippen LogP contribution < -0.4 is 10.6 Å². The van der Waals surface area contributed by atoms with Gasteiger partial charge in [0.05, 0.1) is 13.2 Å². The Bertz CT molecular complexity index is 208. The first-order valence-electron chi connectivity index (χ1n) is 4.83. The number of aliphatic carboxylic acids is 1. The number of hydrogen-bond acceptors (Lipinski definition) is 4. The van der Waals surface area contributed by atoms with Gasteiger partial charge >= 0.3 is 5.97 Å². The summed E-state index contributed by atoms with van der Waals surface area (Å²) in [6.45, 7) is 2.81. The molecule has 0 radical (unpaired) electrons. The normalized spacial score (nSPS) is 12.1. The number of hydrogen-bond donors (Lipinski definition) is 3. The molecule has 0 fully saturated rings. The fourth-order valence-electron chi connectivity index (χ4n) is 0.965. The van der Waals surface area contributed by atoms with Crippen molar-refractivity contribution in [2.24, 2.45) is 0 Å². The molecule has 0 aromatic carbocycles. The molecular formula is C9H18N2O4. The van der Waals surface area contributed by atoms with E-state index in [4.69, 9.17) is 5.11 Å². The monoisotopic (exact) mass is 218 g/mol. The maximum Gasteiger partial charge on any atom is 0.328 e. The topological polar surface area (TPSA) is 87.7 Å². The van der Waals surface area contributed by atoms with E-state index in [1.54, 1.807) is 0 Å². The minimum atomic E-state index is -1.10. The lowest BCUT2D eigenvalue weighted by Gasteiger charge is -2.13. The zero-order valence-corrected chi connectivity index (χ0v) is 9.08. The molecular weight excluding hydrogens is 200 g/mol. The van der Waals surface area contributed by atoms with E-state index in [2.05, 4.69) is 15.4 Å². The third kappa shape index (κ3) is 6.87. The highest BCUT2D eigenvalue weighted by atomic mass is 16.5. The van der Waals surface area contributed by atoms with E-state index in [1.807, 2.05) is 6.92 Å². The van der Waals surface area contributed by atoms with Crippen molar-refractivity contribution in [3.05, 3.63) is 0 Å². The van der Waals surface area contributed by atoms with Crippen LogP contribution in [0, 0.1) is 0 Å². The van der Waals surface area contributed by atoms with Gasteiger partial charge in [0.1, 0.15) is 0 Å². The Morgan fingerprint density at radius 1 is 1.47 bits per heavy atom. The smallest absolute Gasteiger partial charge is 0.328 e. The summed E-state index contributed by atoms with van der Waals surface area (Å²) in [5, 5.41) is 13.9. The van der Waals surface area contributed by atoms with Crippen molar-refractivity contribution in [2.45, 2.75) is 19.4 Å². The molecule has 15 heavy (non-hydrogen) atoms. The van der Waals surface area contributed by atoms with Gasteiger partial charge in [-0.25, -0.2) is 4.79 Å². The Morgan fingerprint density at radius 3 is 2.60 bits per heavy atom. The lowest BCUT2D eigenvalue weighted by molar-refractivity contribution is -0.143. The van der Waals surface area contributed by atoms with Crippen molar-refractivity contribution >= 4 is 11.9 Å². The van der Waals surface area contributed by atoms with Crippen molar-refractivity contribution in [3.8, 4) is 0 Å². The number of carboxylic acid groups (broad SMARTS) is 1. The van der Waals surface area contributed by atoms with Crippen LogP contribution in [0.25, 0.3) is 0 Å². The number of ether oxygens (including phenoxy) is 1. The van der Waals surface area contributed by atoms with E-state index >= 15 is 0 Å². The van der Waals surface area contributed by atoms with Crippen LogP contribution in [0.1, 0.15) is 13.3 Å². The zero-order valence-electron chi connectivity index (χ0n) is 9.08. The highest BCUT2D eigenvalue weighted by molar-refractivity contribution is 5.84. The molecule has 1 amide bonds. The van der Waals surface area contributed by atoms with Gasteiger partial charge in [0, 0.05) is 7.11 Å². The highest BCUT2D eigenvalue weighted by Gasteiger charge is 2.18. The maximum absolute atomic E-state index is 11.2. The molecule has 0 heterocycles. The number of rotatable bonds is 8.